The molecule has 2 aliphatic heterocycles. The molecular formula is C67H112O17Si2. The number of methoxy groups -OCH3 is 7. The van der Waals surface area contributed by atoms with Gasteiger partial charge in [0.05, 0.1) is 71.7 Å². The monoisotopic (exact) mass is 1240 g/mol. The van der Waals surface area contributed by atoms with E-state index in [4.69, 9.17) is 75.2 Å². The van der Waals surface area contributed by atoms with E-state index in [1.807, 2.05) is 63.2 Å². The Hall–Kier alpha value is -3.52. The molecule has 0 N–H and O–H groups in total. The maximum absolute atomic E-state index is 15.2. The highest BCUT2D eigenvalue weighted by atomic mass is 28.4. The first-order chi connectivity index (χ1) is 40.8. The average molecular weight is 1250 g/mol. The third kappa shape index (κ3) is 20.0. The number of hydrogen-bond acceptors (Lipinski definition) is 17. The summed E-state index contributed by atoms with van der Waals surface area (Å²) in [5.74, 6) is 0.509. The summed E-state index contributed by atoms with van der Waals surface area (Å²) in [4.78, 5) is 15.2. The molecule has 0 saturated carbocycles. The van der Waals surface area contributed by atoms with Crippen LogP contribution in [0, 0.1) is 35.5 Å². The predicted molar refractivity (Wildman–Crippen MR) is 342 cm³/mol. The van der Waals surface area contributed by atoms with Gasteiger partial charge in [-0.2, -0.15) is 0 Å². The molecule has 86 heavy (non-hydrogen) atoms. The van der Waals surface area contributed by atoms with Crippen LogP contribution < -0.4 is 18.9 Å². The molecular weight excluding hydrogens is 1130 g/mol. The molecule has 0 spiro atoms. The van der Waals surface area contributed by atoms with Crippen molar-refractivity contribution in [1.82, 2.24) is 0 Å². The molecule has 0 aliphatic carbocycles. The summed E-state index contributed by atoms with van der Waals surface area (Å²) < 4.78 is 102. The van der Waals surface area contributed by atoms with E-state index in [0.717, 1.165) is 34.8 Å². The maximum atomic E-state index is 15.2. The zero-order valence-electron chi connectivity index (χ0n) is 56.7. The number of benzene rings is 2. The van der Waals surface area contributed by atoms with E-state index in [0.29, 0.717) is 41.8 Å². The van der Waals surface area contributed by atoms with Crippen molar-refractivity contribution in [2.75, 3.05) is 83.4 Å². The Labute approximate surface area is 519 Å². The van der Waals surface area contributed by atoms with Crippen molar-refractivity contribution in [2.24, 2.45) is 35.5 Å². The molecule has 17 nitrogen and oxygen atoms in total. The lowest BCUT2D eigenvalue weighted by atomic mass is 9.79. The number of hydrogen-bond donors (Lipinski definition) is 0. The van der Waals surface area contributed by atoms with Gasteiger partial charge in [0.25, 0.3) is 0 Å². The summed E-state index contributed by atoms with van der Waals surface area (Å²) in [7, 11) is 6.86. The summed E-state index contributed by atoms with van der Waals surface area (Å²) in [6.07, 6.45) is 3.13. The van der Waals surface area contributed by atoms with E-state index in [2.05, 4.69) is 107 Å². The van der Waals surface area contributed by atoms with Crippen molar-refractivity contribution in [3.63, 3.8) is 0 Å². The smallest absolute Gasteiger partial charge is 0.192 e. The van der Waals surface area contributed by atoms with Crippen molar-refractivity contribution in [3.05, 3.63) is 83.0 Å². The van der Waals surface area contributed by atoms with Gasteiger partial charge in [-0.05, 0) is 98.4 Å². The number of carbonyl (C=O) groups is 1. The van der Waals surface area contributed by atoms with Crippen molar-refractivity contribution in [3.8, 4) is 23.0 Å². The topological polar surface area (TPSA) is 165 Å². The normalized spacial score (nSPS) is 24.4. The first-order valence-electron chi connectivity index (χ1n) is 31.0. The molecule has 2 heterocycles. The van der Waals surface area contributed by atoms with E-state index in [9.17, 15) is 0 Å². The van der Waals surface area contributed by atoms with Crippen molar-refractivity contribution in [2.45, 2.75) is 195 Å². The Morgan fingerprint density at radius 2 is 1.10 bits per heavy atom. The molecule has 2 aromatic carbocycles. The number of Topliss-reactive ketones (excluding diaryl/α,β-unsaturated/α-hetero) is 1. The van der Waals surface area contributed by atoms with Crippen LogP contribution in [-0.2, 0) is 61.0 Å². The minimum atomic E-state index is -2.33. The lowest BCUT2D eigenvalue weighted by Gasteiger charge is -2.47. The number of ether oxygens (including phenoxy) is 14. The number of allylic oxidation sites excluding steroid dienone is 4. The first kappa shape index (κ1) is 74.9. The summed E-state index contributed by atoms with van der Waals surface area (Å²) in [6.45, 7) is 35.2. The summed E-state index contributed by atoms with van der Waals surface area (Å²) in [5.41, 5.74) is 3.31. The van der Waals surface area contributed by atoms with Gasteiger partial charge in [-0.3, -0.25) is 4.79 Å². The second kappa shape index (κ2) is 35.8. The molecule has 19 heteroatoms. The van der Waals surface area contributed by atoms with Crippen molar-refractivity contribution >= 4 is 22.4 Å². The van der Waals surface area contributed by atoms with Gasteiger partial charge in [0.15, 0.2) is 52.2 Å². The van der Waals surface area contributed by atoms with E-state index in [1.54, 1.807) is 49.8 Å². The molecule has 0 amide bonds. The minimum Gasteiger partial charge on any atom is -0.493 e. The van der Waals surface area contributed by atoms with Gasteiger partial charge in [-0.15, -0.1) is 0 Å². The third-order valence-corrected chi connectivity index (χ3v) is 27.4. The average Bonchev–Trinajstić information content (AvgIpc) is 0.989. The third-order valence-electron chi connectivity index (χ3n) is 18.2. The largest absolute Gasteiger partial charge is 0.493 e. The van der Waals surface area contributed by atoms with Crippen molar-refractivity contribution < 1.29 is 80.0 Å². The van der Waals surface area contributed by atoms with E-state index in [1.165, 1.54) is 0 Å². The molecule has 2 aromatic rings. The highest BCUT2D eigenvalue weighted by Crippen LogP contribution is 2.46. The lowest BCUT2D eigenvalue weighted by Crippen LogP contribution is -2.54. The Bertz CT molecular complexity index is 2410. The molecule has 0 bridgehead atoms. The minimum absolute atomic E-state index is 0.00153. The second-order valence-electron chi connectivity index (χ2n) is 25.0. The van der Waals surface area contributed by atoms with Crippen LogP contribution in [0.2, 0.25) is 36.3 Å². The van der Waals surface area contributed by atoms with E-state index < -0.39 is 77.9 Å². The molecule has 0 aromatic heterocycles. The van der Waals surface area contributed by atoms with Crippen LogP contribution in [0.15, 0.2) is 71.8 Å². The predicted octanol–water partition coefficient (Wildman–Crippen LogP) is 14.2. The summed E-state index contributed by atoms with van der Waals surface area (Å²) >= 11 is 0. The van der Waals surface area contributed by atoms with Crippen LogP contribution in [-0.4, -0.2) is 149 Å². The Morgan fingerprint density at radius 1 is 0.616 bits per heavy atom. The highest BCUT2D eigenvalue weighted by Gasteiger charge is 2.49. The molecule has 2 fully saturated rings. The Balaban J connectivity index is 1.83. The zero-order chi connectivity index (χ0) is 64.1. The van der Waals surface area contributed by atoms with Crippen LogP contribution in [0.25, 0.3) is 0 Å². The van der Waals surface area contributed by atoms with Crippen LogP contribution in [0.5, 0.6) is 23.0 Å². The fraction of sp³-hybridized carbons (Fsp3) is 0.716. The quantitative estimate of drug-likeness (QED) is 0.0356. The second-order valence-corrected chi connectivity index (χ2v) is 34.6. The molecule has 0 unspecified atom stereocenters. The van der Waals surface area contributed by atoms with Gasteiger partial charge in [0.1, 0.15) is 32.3 Å². The Morgan fingerprint density at radius 3 is 1.60 bits per heavy atom. The fourth-order valence-electron chi connectivity index (χ4n) is 11.8. The molecule has 2 saturated heterocycles. The van der Waals surface area contributed by atoms with Gasteiger partial charge in [0.2, 0.25) is 0 Å². The maximum Gasteiger partial charge on any atom is 0.192 e. The van der Waals surface area contributed by atoms with Gasteiger partial charge in [-0.1, -0.05) is 113 Å². The van der Waals surface area contributed by atoms with Crippen molar-refractivity contribution in [1.29, 1.82) is 0 Å². The van der Waals surface area contributed by atoms with E-state index in [-0.39, 0.29) is 67.2 Å². The van der Waals surface area contributed by atoms with Crippen LogP contribution >= 0.6 is 0 Å². The number of carbonyl (C=O) groups excluding carboxylic acids is 1. The molecule has 4 rings (SSSR count). The summed E-state index contributed by atoms with van der Waals surface area (Å²) in [6, 6.07) is 14.2. The Kier molecular flexibility index (Phi) is 31.2. The standard InChI is InChI=1S/C67H112O17Si2/c1-24-28-43(5)33-45(7)61(78-42-71-17)52(38-79-85(22,23)67(12,13)14)63-47(9)56(81-65(83-63)50-29-31-54(72-18)57(35-50)74-20)37-53(68)44(6)34-46(8)60(77-41-70-16)48(10)62-49(11)64(59(76-40-69-15)39-80-86(25-2,26-3)27-4)84-66(82-62)51-30-32-55(73-19)58(36-51)75-21/h24,28-36,43-44,47-49,52,56,59-66H,25-27,37-42H2,1-23H3/b28-24-,45-33+,46-34+/t43-,44-,47+,48+,49+,52+,56+,59-,60-,61+,62-,63-,64-,65-,66-/m0/s1. The van der Waals surface area contributed by atoms with Crippen LogP contribution in [0.4, 0.5) is 0 Å². The lowest BCUT2D eigenvalue weighted by molar-refractivity contribution is -0.310. The molecule has 2 aliphatic rings. The number of ketones is 1. The van der Waals surface area contributed by atoms with Gasteiger partial charge < -0.3 is 75.2 Å². The summed E-state index contributed by atoms with van der Waals surface area (Å²) in [5, 5.41) is -0.0748. The number of rotatable bonds is 37. The molecule has 0 radical (unpaired) electrons. The van der Waals surface area contributed by atoms with E-state index >= 15 is 4.79 Å². The van der Waals surface area contributed by atoms with Crippen LogP contribution in [0.1, 0.15) is 127 Å². The molecule has 15 atom stereocenters. The van der Waals surface area contributed by atoms with Crippen LogP contribution in [0.3, 0.4) is 0 Å². The van der Waals surface area contributed by atoms with Gasteiger partial charge in [-0.25, -0.2) is 0 Å². The zero-order valence-corrected chi connectivity index (χ0v) is 58.7. The molecule has 490 valence electrons. The highest BCUT2D eigenvalue weighted by molar-refractivity contribution is 6.74. The fourth-order valence-corrected chi connectivity index (χ4v) is 15.4. The SMILES string of the molecule is C/C=C\[C@H](C)/C=C(\C)[C@@H](OCOC)[C@@H](CO[Si](C)(C)C(C)(C)C)[C@H]1O[C@@H](c2ccc(OC)c(OC)c2)O[C@H](CC(=O)[C@@H](C)/C=C(\C)[C@H](OCOC)[C@@H](C)[C@@H]2O[C@H](c3ccc(OC)c(OC)c3)O[C@H]([C@H](CO[Si](CC)(CC)CC)OCOC)[C@@H]2C)[C@H]1C. The van der Waals surface area contributed by atoms with Gasteiger partial charge >= 0.3 is 0 Å². The van der Waals surface area contributed by atoms with Gasteiger partial charge in [0, 0.05) is 75.1 Å². The first-order valence-corrected chi connectivity index (χ1v) is 36.4.